The summed E-state index contributed by atoms with van der Waals surface area (Å²) in [4.78, 5) is 19.4. The van der Waals surface area contributed by atoms with E-state index in [1.165, 1.54) is 19.3 Å². The molecule has 8 heteroatoms. The van der Waals surface area contributed by atoms with Gasteiger partial charge in [-0.3, -0.25) is 9.97 Å². The van der Waals surface area contributed by atoms with Crippen molar-refractivity contribution in [3.8, 4) is 0 Å². The summed E-state index contributed by atoms with van der Waals surface area (Å²) in [7, 11) is 0. The van der Waals surface area contributed by atoms with Gasteiger partial charge in [0.15, 0.2) is 6.80 Å². The van der Waals surface area contributed by atoms with Crippen LogP contribution < -0.4 is 40.2 Å². The standard InChI is InChI=1S/C10H23N2O3PS.Na/c1-2-3-4-5-6-7-8-9(10(11)12)17-16(13,14)15;/h9H,2-8H2,1H3,(H3,11,12)(H2,13,14,15);/q;+1/p-1. The van der Waals surface area contributed by atoms with Gasteiger partial charge in [-0.2, -0.15) is 0 Å². The van der Waals surface area contributed by atoms with Crippen molar-refractivity contribution in [1.29, 1.82) is 5.41 Å². The topological polar surface area (TPSA) is 110 Å². The predicted octanol–water partition coefficient (Wildman–Crippen LogP) is -0.761. The maximum absolute atomic E-state index is 10.7. The van der Waals surface area contributed by atoms with Crippen molar-refractivity contribution >= 4 is 24.0 Å². The van der Waals surface area contributed by atoms with Crippen LogP contribution in [0, 0.1) is 5.41 Å². The molecule has 0 aliphatic heterocycles. The van der Waals surface area contributed by atoms with E-state index in [2.05, 4.69) is 6.92 Å². The normalized spacial score (nSPS) is 15.5. The van der Waals surface area contributed by atoms with Gasteiger partial charge in [-0.1, -0.05) is 56.8 Å². The number of hydrogen-bond acceptors (Lipinski definition) is 4. The van der Waals surface area contributed by atoms with E-state index in [-0.39, 0.29) is 35.4 Å². The summed E-state index contributed by atoms with van der Waals surface area (Å²) in [5, 5.41) is 6.65. The Morgan fingerprint density at radius 1 is 1.39 bits per heavy atom. The number of nitrogens with two attached hydrogens (primary N) is 1. The summed E-state index contributed by atoms with van der Waals surface area (Å²) in [5.41, 5.74) is 5.30. The van der Waals surface area contributed by atoms with Crippen molar-refractivity contribution in [2.45, 2.75) is 57.1 Å². The van der Waals surface area contributed by atoms with Crippen LogP contribution in [0.5, 0.6) is 0 Å². The number of nitrogens with one attached hydrogen (secondary N) is 1. The van der Waals surface area contributed by atoms with Crippen molar-refractivity contribution in [2.75, 3.05) is 0 Å². The second-order valence-corrected chi connectivity index (χ2v) is 7.81. The first-order chi connectivity index (χ1) is 7.87. The fraction of sp³-hybridized carbons (Fsp3) is 0.900. The molecule has 0 bridgehead atoms. The Kier molecular flexibility index (Phi) is 13.9. The van der Waals surface area contributed by atoms with Crippen LogP contribution in [-0.2, 0) is 4.57 Å². The predicted molar refractivity (Wildman–Crippen MR) is 71.1 cm³/mol. The average Bonchev–Trinajstić information content (AvgIpc) is 2.19. The van der Waals surface area contributed by atoms with Crippen molar-refractivity contribution < 1.29 is 43.9 Å². The fourth-order valence-corrected chi connectivity index (χ4v) is 3.86. The summed E-state index contributed by atoms with van der Waals surface area (Å²) in [6.45, 7) is -2.25. The zero-order valence-electron chi connectivity index (χ0n) is 11.2. The molecule has 0 saturated carbocycles. The van der Waals surface area contributed by atoms with E-state index >= 15 is 0 Å². The average molecular weight is 304 g/mol. The first-order valence-corrected chi connectivity index (χ1v) is 8.99. The van der Waals surface area contributed by atoms with Gasteiger partial charge >= 0.3 is 29.6 Å². The number of hydrogen-bond donors (Lipinski definition) is 3. The molecular formula is C10H22N2NaO3PS. The minimum atomic E-state index is -4.40. The maximum Gasteiger partial charge on any atom is 1.00 e. The number of amidine groups is 1. The van der Waals surface area contributed by atoms with Crippen LogP contribution in [0.25, 0.3) is 0 Å². The molecule has 0 aliphatic rings. The Morgan fingerprint density at radius 2 is 1.89 bits per heavy atom. The van der Waals surface area contributed by atoms with Gasteiger partial charge in [0.25, 0.3) is 0 Å². The molecule has 0 aliphatic carbocycles. The number of unbranched alkanes of at least 4 members (excludes halogenated alkanes) is 5. The van der Waals surface area contributed by atoms with Crippen LogP contribution in [0.2, 0.25) is 0 Å². The van der Waals surface area contributed by atoms with E-state index in [4.69, 9.17) is 16.0 Å². The van der Waals surface area contributed by atoms with E-state index in [0.717, 1.165) is 19.3 Å². The van der Waals surface area contributed by atoms with E-state index in [9.17, 15) is 9.46 Å². The van der Waals surface area contributed by atoms with E-state index < -0.39 is 12.0 Å². The Balaban J connectivity index is 0. The van der Waals surface area contributed by atoms with Crippen LogP contribution in [0.4, 0.5) is 0 Å². The van der Waals surface area contributed by atoms with Gasteiger partial charge in [-0.05, 0) is 6.42 Å². The number of rotatable bonds is 10. The van der Waals surface area contributed by atoms with Gasteiger partial charge < -0.3 is 15.5 Å². The molecule has 2 unspecified atom stereocenters. The minimum absolute atomic E-state index is 0. The molecule has 0 aromatic carbocycles. The third-order valence-corrected chi connectivity index (χ3v) is 5.00. The zero-order chi connectivity index (χ0) is 13.3. The van der Waals surface area contributed by atoms with E-state index in [0.29, 0.717) is 17.8 Å². The van der Waals surface area contributed by atoms with Crippen LogP contribution in [0.15, 0.2) is 0 Å². The Morgan fingerprint density at radius 3 is 2.33 bits per heavy atom. The van der Waals surface area contributed by atoms with E-state index in [1.54, 1.807) is 0 Å². The Bertz CT molecular complexity index is 276. The second kappa shape index (κ2) is 11.8. The molecule has 0 aromatic heterocycles. The zero-order valence-corrected chi connectivity index (χ0v) is 14.9. The molecule has 0 saturated heterocycles. The molecule has 5 nitrogen and oxygen atoms in total. The van der Waals surface area contributed by atoms with Crippen molar-refractivity contribution in [1.82, 2.24) is 0 Å². The van der Waals surface area contributed by atoms with Crippen LogP contribution >= 0.6 is 18.2 Å². The smallest absolute Gasteiger partial charge is 0.770 e. The van der Waals surface area contributed by atoms with Crippen LogP contribution in [0.3, 0.4) is 0 Å². The van der Waals surface area contributed by atoms with Crippen molar-refractivity contribution in [2.24, 2.45) is 5.73 Å². The molecule has 4 N–H and O–H groups in total. The maximum atomic E-state index is 10.7. The molecule has 0 fully saturated rings. The fourth-order valence-electron chi connectivity index (χ4n) is 1.54. The Labute approximate surface area is 135 Å². The van der Waals surface area contributed by atoms with Crippen LogP contribution in [0.1, 0.15) is 51.9 Å². The third kappa shape index (κ3) is 13.4. The Hall–Kier alpha value is 0.970. The quantitative estimate of drug-likeness (QED) is 0.161. The van der Waals surface area contributed by atoms with Crippen molar-refractivity contribution in [3.63, 3.8) is 0 Å². The molecule has 0 heterocycles. The molecule has 0 aromatic rings. The third-order valence-electron chi connectivity index (χ3n) is 2.43. The van der Waals surface area contributed by atoms with Gasteiger partial charge in [0.2, 0.25) is 0 Å². The monoisotopic (exact) mass is 304 g/mol. The molecule has 0 radical (unpaired) electrons. The van der Waals surface area contributed by atoms with Crippen LogP contribution in [-0.4, -0.2) is 16.0 Å². The largest absolute Gasteiger partial charge is 1.00 e. The first kappa shape index (κ1) is 21.3. The molecule has 18 heavy (non-hydrogen) atoms. The second-order valence-electron chi connectivity index (χ2n) is 4.07. The SMILES string of the molecule is CCCCCCCCC(SP(=O)([O-])O)C(=N)N.[Na+]. The minimum Gasteiger partial charge on any atom is -0.770 e. The summed E-state index contributed by atoms with van der Waals surface area (Å²) in [6, 6.07) is 0. The van der Waals surface area contributed by atoms with Gasteiger partial charge in [0.05, 0.1) is 5.25 Å². The van der Waals surface area contributed by atoms with E-state index in [1.807, 2.05) is 0 Å². The summed E-state index contributed by atoms with van der Waals surface area (Å²) < 4.78 is 10.7. The summed E-state index contributed by atoms with van der Waals surface area (Å²) in [5.74, 6) is -0.186. The molecule has 0 spiro atoms. The van der Waals surface area contributed by atoms with Gasteiger partial charge in [0, 0.05) is 0 Å². The van der Waals surface area contributed by atoms with Gasteiger partial charge in [-0.25, -0.2) is 0 Å². The van der Waals surface area contributed by atoms with Gasteiger partial charge in [0.1, 0.15) is 5.84 Å². The summed E-state index contributed by atoms with van der Waals surface area (Å²) >= 11 is 0.384. The molecular weight excluding hydrogens is 282 g/mol. The molecule has 2 atom stereocenters. The molecule has 0 rings (SSSR count). The van der Waals surface area contributed by atoms with Gasteiger partial charge in [-0.15, -0.1) is 0 Å². The molecule has 102 valence electrons. The first-order valence-electron chi connectivity index (χ1n) is 5.93. The summed E-state index contributed by atoms with van der Waals surface area (Å²) in [6.07, 6.45) is 7.09. The van der Waals surface area contributed by atoms with Crippen molar-refractivity contribution in [3.05, 3.63) is 0 Å². The molecule has 0 amide bonds.